The molecule has 0 amide bonds. The number of hydrogen-bond acceptors (Lipinski definition) is 5. The summed E-state index contributed by atoms with van der Waals surface area (Å²) in [6.07, 6.45) is 4.16. The number of nitrogens with two attached hydrogens (primary N) is 1. The minimum atomic E-state index is 0.326. The van der Waals surface area contributed by atoms with Crippen LogP contribution in [0, 0.1) is 6.92 Å². The van der Waals surface area contributed by atoms with Gasteiger partial charge in [0, 0.05) is 18.1 Å². The summed E-state index contributed by atoms with van der Waals surface area (Å²) >= 11 is 1.51. The van der Waals surface area contributed by atoms with Crippen LogP contribution in [0.2, 0.25) is 0 Å². The van der Waals surface area contributed by atoms with Gasteiger partial charge in [0.05, 0.1) is 11.7 Å². The van der Waals surface area contributed by atoms with Gasteiger partial charge >= 0.3 is 0 Å². The largest absolute Gasteiger partial charge is 0.375 e. The van der Waals surface area contributed by atoms with Gasteiger partial charge in [-0.1, -0.05) is 6.07 Å². The summed E-state index contributed by atoms with van der Waals surface area (Å²) in [5, 5.41) is 2.71. The standard InChI is InChI=1S/C13H16N4S/c1-9-4-2-6-15-12(9)17-7-3-5-11(17)10-8-18-13(14)16-10/h2,4,6,8,11H,3,5,7H2,1H3,(H2,14,16)/t11-/m1/s1. The molecule has 2 N–H and O–H groups in total. The van der Waals surface area contributed by atoms with Gasteiger partial charge in [-0.25, -0.2) is 9.97 Å². The maximum atomic E-state index is 5.73. The SMILES string of the molecule is Cc1cccnc1N1CCC[C@@H]1c1csc(N)n1. The molecule has 3 rings (SSSR count). The average molecular weight is 260 g/mol. The number of rotatable bonds is 2. The predicted molar refractivity (Wildman–Crippen MR) is 74.8 cm³/mol. The first-order valence-electron chi connectivity index (χ1n) is 6.15. The van der Waals surface area contributed by atoms with Crippen LogP contribution in [0.3, 0.4) is 0 Å². The molecule has 18 heavy (non-hydrogen) atoms. The summed E-state index contributed by atoms with van der Waals surface area (Å²) in [5.74, 6) is 1.08. The molecule has 3 heterocycles. The van der Waals surface area contributed by atoms with E-state index in [1.54, 1.807) is 0 Å². The Morgan fingerprint density at radius 2 is 2.39 bits per heavy atom. The molecule has 1 aliphatic heterocycles. The minimum Gasteiger partial charge on any atom is -0.375 e. The monoisotopic (exact) mass is 260 g/mol. The molecular weight excluding hydrogens is 244 g/mol. The zero-order valence-corrected chi connectivity index (χ0v) is 11.2. The van der Waals surface area contributed by atoms with E-state index in [2.05, 4.69) is 33.2 Å². The summed E-state index contributed by atoms with van der Waals surface area (Å²) in [7, 11) is 0. The van der Waals surface area contributed by atoms with E-state index in [-0.39, 0.29) is 0 Å². The molecule has 0 saturated carbocycles. The van der Waals surface area contributed by atoms with Gasteiger partial charge in [0.1, 0.15) is 5.82 Å². The third kappa shape index (κ3) is 1.95. The third-order valence-electron chi connectivity index (χ3n) is 3.39. The first-order valence-corrected chi connectivity index (χ1v) is 7.03. The van der Waals surface area contributed by atoms with Crippen LogP contribution >= 0.6 is 11.3 Å². The van der Waals surface area contributed by atoms with Crippen molar-refractivity contribution < 1.29 is 0 Å². The van der Waals surface area contributed by atoms with E-state index in [9.17, 15) is 0 Å². The molecule has 0 aromatic carbocycles. The summed E-state index contributed by atoms with van der Waals surface area (Å²) < 4.78 is 0. The molecular formula is C13H16N4S. The van der Waals surface area contributed by atoms with Crippen LogP contribution in [0.4, 0.5) is 10.9 Å². The Morgan fingerprint density at radius 1 is 1.50 bits per heavy atom. The third-order valence-corrected chi connectivity index (χ3v) is 4.08. The summed E-state index contributed by atoms with van der Waals surface area (Å²) in [5.41, 5.74) is 8.03. The number of nitrogen functional groups attached to an aromatic ring is 1. The van der Waals surface area contributed by atoms with Crippen LogP contribution in [0.25, 0.3) is 0 Å². The molecule has 0 bridgehead atoms. The van der Waals surface area contributed by atoms with Crippen LogP contribution < -0.4 is 10.6 Å². The fourth-order valence-electron chi connectivity index (χ4n) is 2.56. The Hall–Kier alpha value is -1.62. The van der Waals surface area contributed by atoms with E-state index >= 15 is 0 Å². The van der Waals surface area contributed by atoms with Gasteiger partial charge in [-0.3, -0.25) is 0 Å². The molecule has 1 atom stereocenters. The molecule has 2 aromatic rings. The van der Waals surface area contributed by atoms with Crippen molar-refractivity contribution in [1.29, 1.82) is 0 Å². The van der Waals surface area contributed by atoms with E-state index in [4.69, 9.17) is 5.73 Å². The van der Waals surface area contributed by atoms with E-state index in [0.29, 0.717) is 11.2 Å². The molecule has 0 spiro atoms. The number of nitrogens with zero attached hydrogens (tertiary/aromatic N) is 3. The van der Waals surface area contributed by atoms with Crippen molar-refractivity contribution in [3.63, 3.8) is 0 Å². The van der Waals surface area contributed by atoms with Gasteiger partial charge in [-0.05, 0) is 31.4 Å². The van der Waals surface area contributed by atoms with Crippen LogP contribution in [0.15, 0.2) is 23.7 Å². The molecule has 1 aliphatic rings. The lowest BCUT2D eigenvalue weighted by Gasteiger charge is -2.25. The van der Waals surface area contributed by atoms with E-state index in [0.717, 1.165) is 24.5 Å². The molecule has 4 nitrogen and oxygen atoms in total. The number of thiazole rings is 1. The first kappa shape index (κ1) is 11.5. The van der Waals surface area contributed by atoms with Crippen LogP contribution in [-0.2, 0) is 0 Å². The highest BCUT2D eigenvalue weighted by molar-refractivity contribution is 7.13. The summed E-state index contributed by atoms with van der Waals surface area (Å²) in [4.78, 5) is 11.3. The fraction of sp³-hybridized carbons (Fsp3) is 0.385. The molecule has 1 saturated heterocycles. The minimum absolute atomic E-state index is 0.326. The maximum absolute atomic E-state index is 5.73. The molecule has 94 valence electrons. The fourth-order valence-corrected chi connectivity index (χ4v) is 3.17. The van der Waals surface area contributed by atoms with Crippen molar-refractivity contribution in [3.05, 3.63) is 35.0 Å². The predicted octanol–water partition coefficient (Wildman–Crippen LogP) is 2.77. The van der Waals surface area contributed by atoms with Crippen molar-refractivity contribution in [3.8, 4) is 0 Å². The van der Waals surface area contributed by atoms with E-state index < -0.39 is 0 Å². The summed E-state index contributed by atoms with van der Waals surface area (Å²) in [6.45, 7) is 3.15. The lowest BCUT2D eigenvalue weighted by molar-refractivity contribution is 0.692. The summed E-state index contributed by atoms with van der Waals surface area (Å²) in [6, 6.07) is 4.41. The highest BCUT2D eigenvalue weighted by atomic mass is 32.1. The Bertz CT molecular complexity index is 551. The molecule has 0 radical (unpaired) electrons. The second kappa shape index (κ2) is 4.57. The van der Waals surface area contributed by atoms with Crippen molar-refractivity contribution >= 4 is 22.3 Å². The topological polar surface area (TPSA) is 55.0 Å². The lowest BCUT2D eigenvalue weighted by atomic mass is 10.1. The highest BCUT2D eigenvalue weighted by Gasteiger charge is 2.29. The van der Waals surface area contributed by atoms with Crippen molar-refractivity contribution in [2.24, 2.45) is 0 Å². The van der Waals surface area contributed by atoms with Crippen LogP contribution in [0.1, 0.15) is 30.1 Å². The number of aromatic nitrogens is 2. The molecule has 0 unspecified atom stereocenters. The van der Waals surface area contributed by atoms with Crippen molar-refractivity contribution in [2.75, 3.05) is 17.2 Å². The molecule has 1 fully saturated rings. The van der Waals surface area contributed by atoms with Gasteiger partial charge in [-0.15, -0.1) is 11.3 Å². The Balaban J connectivity index is 1.94. The van der Waals surface area contributed by atoms with Crippen LogP contribution in [-0.4, -0.2) is 16.5 Å². The van der Waals surface area contributed by atoms with Gasteiger partial charge in [-0.2, -0.15) is 0 Å². The van der Waals surface area contributed by atoms with Crippen molar-refractivity contribution in [1.82, 2.24) is 9.97 Å². The van der Waals surface area contributed by atoms with Gasteiger partial charge in [0.2, 0.25) is 0 Å². The lowest BCUT2D eigenvalue weighted by Crippen LogP contribution is -2.24. The van der Waals surface area contributed by atoms with E-state index in [1.165, 1.54) is 23.3 Å². The number of hydrogen-bond donors (Lipinski definition) is 1. The zero-order chi connectivity index (χ0) is 12.5. The Morgan fingerprint density at radius 3 is 3.11 bits per heavy atom. The zero-order valence-electron chi connectivity index (χ0n) is 10.3. The molecule has 0 aliphatic carbocycles. The Labute approximate surface area is 110 Å². The smallest absolute Gasteiger partial charge is 0.180 e. The van der Waals surface area contributed by atoms with Crippen molar-refractivity contribution in [2.45, 2.75) is 25.8 Å². The average Bonchev–Trinajstić information content (AvgIpc) is 2.98. The first-order chi connectivity index (χ1) is 8.75. The van der Waals surface area contributed by atoms with Crippen LogP contribution in [0.5, 0.6) is 0 Å². The number of pyridine rings is 1. The van der Waals surface area contributed by atoms with Gasteiger partial charge < -0.3 is 10.6 Å². The quantitative estimate of drug-likeness (QED) is 0.902. The van der Waals surface area contributed by atoms with Gasteiger partial charge in [0.15, 0.2) is 5.13 Å². The molecule has 5 heteroatoms. The maximum Gasteiger partial charge on any atom is 0.180 e. The second-order valence-corrected chi connectivity index (χ2v) is 5.50. The van der Waals surface area contributed by atoms with Gasteiger partial charge in [0.25, 0.3) is 0 Å². The Kier molecular flexibility index (Phi) is 2.91. The molecule has 2 aromatic heterocycles. The second-order valence-electron chi connectivity index (χ2n) is 4.61. The number of aryl methyl sites for hydroxylation is 1. The van der Waals surface area contributed by atoms with E-state index in [1.807, 2.05) is 12.3 Å². The highest BCUT2D eigenvalue weighted by Crippen LogP contribution is 2.36. The normalized spacial score (nSPS) is 19.4. The number of anilines is 2.